The van der Waals surface area contributed by atoms with Crippen molar-refractivity contribution in [2.75, 3.05) is 17.6 Å². The zero-order valence-electron chi connectivity index (χ0n) is 9.20. The molecule has 1 aromatic rings. The van der Waals surface area contributed by atoms with E-state index in [1.54, 1.807) is 18.2 Å². The molecule has 0 aliphatic heterocycles. The van der Waals surface area contributed by atoms with Crippen molar-refractivity contribution in [3.63, 3.8) is 0 Å². The van der Waals surface area contributed by atoms with Crippen molar-refractivity contribution in [1.29, 1.82) is 0 Å². The molecular formula is C12H17N3O. The van der Waals surface area contributed by atoms with Crippen molar-refractivity contribution in [3.8, 4) is 0 Å². The lowest BCUT2D eigenvalue weighted by Crippen LogP contribution is -2.23. The fourth-order valence-electron chi connectivity index (χ4n) is 1.92. The van der Waals surface area contributed by atoms with Crippen LogP contribution in [-0.2, 0) is 0 Å². The number of nitrogens with two attached hydrogens (primary N) is 2. The lowest BCUT2D eigenvalue weighted by molar-refractivity contribution is 0.100. The van der Waals surface area contributed by atoms with Gasteiger partial charge in [-0.15, -0.1) is 0 Å². The average molecular weight is 219 g/mol. The predicted octanol–water partition coefficient (Wildman–Crippen LogP) is 1.58. The Kier molecular flexibility index (Phi) is 2.99. The summed E-state index contributed by atoms with van der Waals surface area (Å²) in [6.07, 6.45) is 3.82. The monoisotopic (exact) mass is 219 g/mol. The molecule has 0 unspecified atom stereocenters. The number of nitrogens with one attached hydrogen (secondary N) is 1. The number of amides is 1. The molecule has 0 heterocycles. The fourth-order valence-corrected chi connectivity index (χ4v) is 1.92. The van der Waals surface area contributed by atoms with E-state index in [0.717, 1.165) is 6.54 Å². The van der Waals surface area contributed by atoms with Gasteiger partial charge in [0.1, 0.15) is 0 Å². The van der Waals surface area contributed by atoms with Gasteiger partial charge in [0.15, 0.2) is 0 Å². The molecule has 1 saturated carbocycles. The van der Waals surface area contributed by atoms with Crippen LogP contribution in [0.25, 0.3) is 0 Å². The molecule has 0 atom stereocenters. The second kappa shape index (κ2) is 4.43. The smallest absolute Gasteiger partial charge is 0.250 e. The maximum atomic E-state index is 11.2. The first-order valence-corrected chi connectivity index (χ1v) is 5.60. The van der Waals surface area contributed by atoms with Crippen LogP contribution < -0.4 is 16.8 Å². The number of para-hydroxylation sites is 1. The molecule has 2 rings (SSSR count). The molecule has 5 N–H and O–H groups in total. The Morgan fingerprint density at radius 3 is 2.75 bits per heavy atom. The molecule has 0 saturated heterocycles. The van der Waals surface area contributed by atoms with E-state index < -0.39 is 5.91 Å². The minimum absolute atomic E-state index is 0.441. The summed E-state index contributed by atoms with van der Waals surface area (Å²) in [5, 5.41) is 3.24. The van der Waals surface area contributed by atoms with Gasteiger partial charge in [0.25, 0.3) is 5.91 Å². The summed E-state index contributed by atoms with van der Waals surface area (Å²) in [4.78, 5) is 11.2. The number of anilines is 2. The first kappa shape index (κ1) is 10.8. The van der Waals surface area contributed by atoms with Gasteiger partial charge in [0.05, 0.1) is 16.9 Å². The third-order valence-electron chi connectivity index (χ3n) is 3.15. The topological polar surface area (TPSA) is 81.1 Å². The van der Waals surface area contributed by atoms with E-state index in [4.69, 9.17) is 11.5 Å². The lowest BCUT2D eigenvalue weighted by Gasteiger charge is -2.26. The van der Waals surface area contributed by atoms with E-state index in [1.807, 2.05) is 0 Å². The van der Waals surface area contributed by atoms with Crippen LogP contribution in [0.1, 0.15) is 29.6 Å². The molecule has 0 bridgehead atoms. The van der Waals surface area contributed by atoms with Crippen molar-refractivity contribution < 1.29 is 4.79 Å². The summed E-state index contributed by atoms with van der Waals surface area (Å²) >= 11 is 0. The Balaban J connectivity index is 2.13. The maximum absolute atomic E-state index is 11.2. The summed E-state index contributed by atoms with van der Waals surface area (Å²) in [7, 11) is 0. The number of benzene rings is 1. The number of carbonyl (C=O) groups is 1. The van der Waals surface area contributed by atoms with Crippen LogP contribution in [0.3, 0.4) is 0 Å². The van der Waals surface area contributed by atoms with Crippen LogP contribution in [0.5, 0.6) is 0 Å². The quantitative estimate of drug-likeness (QED) is 0.672. The second-order valence-corrected chi connectivity index (χ2v) is 4.31. The van der Waals surface area contributed by atoms with Gasteiger partial charge in [-0.2, -0.15) is 0 Å². The van der Waals surface area contributed by atoms with E-state index >= 15 is 0 Å². The summed E-state index contributed by atoms with van der Waals surface area (Å²) in [5.74, 6) is 0.267. The van der Waals surface area contributed by atoms with E-state index in [-0.39, 0.29) is 0 Å². The van der Waals surface area contributed by atoms with Gasteiger partial charge in [-0.25, -0.2) is 0 Å². The van der Waals surface area contributed by atoms with E-state index in [9.17, 15) is 4.79 Å². The van der Waals surface area contributed by atoms with Gasteiger partial charge in [0, 0.05) is 6.54 Å². The highest BCUT2D eigenvalue weighted by atomic mass is 16.1. The first-order chi connectivity index (χ1) is 7.68. The molecule has 4 heteroatoms. The molecule has 1 fully saturated rings. The zero-order chi connectivity index (χ0) is 11.5. The van der Waals surface area contributed by atoms with Gasteiger partial charge in [0.2, 0.25) is 0 Å². The molecule has 1 amide bonds. The number of hydrogen-bond donors (Lipinski definition) is 3. The lowest BCUT2D eigenvalue weighted by atomic mass is 9.85. The van der Waals surface area contributed by atoms with E-state index in [1.165, 1.54) is 19.3 Å². The summed E-state index contributed by atoms with van der Waals surface area (Å²) < 4.78 is 0. The highest BCUT2D eigenvalue weighted by molar-refractivity contribution is 6.01. The van der Waals surface area contributed by atoms with Crippen molar-refractivity contribution in [2.45, 2.75) is 19.3 Å². The minimum Gasteiger partial charge on any atom is -0.397 e. The molecule has 0 spiro atoms. The van der Waals surface area contributed by atoms with Crippen molar-refractivity contribution in [2.24, 2.45) is 11.7 Å². The van der Waals surface area contributed by atoms with Crippen LogP contribution in [-0.4, -0.2) is 12.5 Å². The maximum Gasteiger partial charge on any atom is 0.250 e. The van der Waals surface area contributed by atoms with Gasteiger partial charge in [-0.1, -0.05) is 12.5 Å². The van der Waals surface area contributed by atoms with Crippen LogP contribution in [0.2, 0.25) is 0 Å². The molecule has 0 radical (unpaired) electrons. The molecular weight excluding hydrogens is 202 g/mol. The van der Waals surface area contributed by atoms with E-state index in [2.05, 4.69) is 5.32 Å². The number of carbonyl (C=O) groups excluding carboxylic acids is 1. The average Bonchev–Trinajstić information content (AvgIpc) is 2.17. The van der Waals surface area contributed by atoms with Gasteiger partial charge in [-0.05, 0) is 30.9 Å². The Morgan fingerprint density at radius 1 is 1.44 bits per heavy atom. The molecule has 1 aromatic carbocycles. The predicted molar refractivity (Wildman–Crippen MR) is 65.2 cm³/mol. The number of nitrogen functional groups attached to an aromatic ring is 1. The van der Waals surface area contributed by atoms with Gasteiger partial charge in [-0.3, -0.25) is 4.79 Å². The Labute approximate surface area is 95.0 Å². The molecule has 1 aliphatic rings. The van der Waals surface area contributed by atoms with Gasteiger partial charge >= 0.3 is 0 Å². The standard InChI is InChI=1S/C12H17N3O/c13-10-6-2-5-9(12(14)16)11(10)15-7-8-3-1-4-8/h2,5-6,8,15H,1,3-4,7,13H2,(H2,14,16). The SMILES string of the molecule is NC(=O)c1cccc(N)c1NCC1CCC1. The normalized spacial score (nSPS) is 15.5. The van der Waals surface area contributed by atoms with Crippen molar-refractivity contribution in [3.05, 3.63) is 23.8 Å². The number of primary amides is 1. The van der Waals surface area contributed by atoms with Crippen LogP contribution >= 0.6 is 0 Å². The van der Waals surface area contributed by atoms with E-state index in [0.29, 0.717) is 22.9 Å². The van der Waals surface area contributed by atoms with Crippen LogP contribution in [0.15, 0.2) is 18.2 Å². The fraction of sp³-hybridized carbons (Fsp3) is 0.417. The summed E-state index contributed by atoms with van der Waals surface area (Å²) in [6, 6.07) is 5.21. The zero-order valence-corrected chi connectivity index (χ0v) is 9.20. The largest absolute Gasteiger partial charge is 0.397 e. The highest BCUT2D eigenvalue weighted by Crippen LogP contribution is 2.29. The third kappa shape index (κ3) is 2.10. The minimum atomic E-state index is -0.441. The molecule has 16 heavy (non-hydrogen) atoms. The molecule has 4 nitrogen and oxygen atoms in total. The molecule has 1 aliphatic carbocycles. The third-order valence-corrected chi connectivity index (χ3v) is 3.15. The Morgan fingerprint density at radius 2 is 2.19 bits per heavy atom. The molecule has 0 aromatic heterocycles. The summed E-state index contributed by atoms with van der Waals surface area (Å²) in [5.41, 5.74) is 12.9. The Hall–Kier alpha value is -1.71. The Bertz CT molecular complexity index is 399. The second-order valence-electron chi connectivity index (χ2n) is 4.31. The van der Waals surface area contributed by atoms with Crippen LogP contribution in [0.4, 0.5) is 11.4 Å². The van der Waals surface area contributed by atoms with Crippen LogP contribution in [0, 0.1) is 5.92 Å². The van der Waals surface area contributed by atoms with Crippen molar-refractivity contribution in [1.82, 2.24) is 0 Å². The number of rotatable bonds is 4. The van der Waals surface area contributed by atoms with Crippen molar-refractivity contribution >= 4 is 17.3 Å². The highest BCUT2D eigenvalue weighted by Gasteiger charge is 2.18. The van der Waals surface area contributed by atoms with Gasteiger partial charge < -0.3 is 16.8 Å². The summed E-state index contributed by atoms with van der Waals surface area (Å²) in [6.45, 7) is 0.870. The number of hydrogen-bond acceptors (Lipinski definition) is 3. The first-order valence-electron chi connectivity index (χ1n) is 5.60. The molecule has 86 valence electrons.